The standard InChI is InChI=1S/C21H25N3O4/c1-28-21(27)14-6-7-17-15(10-14)16-12-24(9-8-18(16)23-17)19(25)11-22-20(26)13-4-2-3-5-13/h6-7,10,13,23H,2-5,8-9,11-12H2,1H3,(H,22,26). The molecular weight excluding hydrogens is 358 g/mol. The SMILES string of the molecule is COC(=O)c1ccc2[nH]c3c(c2c1)CN(C(=O)CNC(=O)C1CCCC1)CC3. The summed E-state index contributed by atoms with van der Waals surface area (Å²) in [7, 11) is 1.36. The molecule has 1 aromatic carbocycles. The Labute approximate surface area is 163 Å². The molecule has 2 amide bonds. The molecular formula is C21H25N3O4. The van der Waals surface area contributed by atoms with Crippen LogP contribution in [0.3, 0.4) is 0 Å². The largest absolute Gasteiger partial charge is 0.465 e. The van der Waals surface area contributed by atoms with Crippen LogP contribution < -0.4 is 5.32 Å². The number of ether oxygens (including phenoxy) is 1. The van der Waals surface area contributed by atoms with Gasteiger partial charge in [-0.2, -0.15) is 0 Å². The van der Waals surface area contributed by atoms with Gasteiger partial charge in [-0.05, 0) is 31.0 Å². The minimum absolute atomic E-state index is 0.00152. The topological polar surface area (TPSA) is 91.5 Å². The maximum Gasteiger partial charge on any atom is 0.337 e. The lowest BCUT2D eigenvalue weighted by Crippen LogP contribution is -2.43. The highest BCUT2D eigenvalue weighted by atomic mass is 16.5. The Hall–Kier alpha value is -2.83. The Bertz CT molecular complexity index is 927. The van der Waals surface area contributed by atoms with Gasteiger partial charge in [0, 0.05) is 47.6 Å². The third-order valence-electron chi connectivity index (χ3n) is 5.89. The summed E-state index contributed by atoms with van der Waals surface area (Å²) in [6.07, 6.45) is 4.75. The zero-order chi connectivity index (χ0) is 19.7. The van der Waals surface area contributed by atoms with Crippen LogP contribution in [-0.2, 0) is 27.3 Å². The number of hydrogen-bond acceptors (Lipinski definition) is 4. The maximum absolute atomic E-state index is 12.6. The number of esters is 1. The van der Waals surface area contributed by atoms with E-state index >= 15 is 0 Å². The van der Waals surface area contributed by atoms with Crippen molar-refractivity contribution in [3.8, 4) is 0 Å². The van der Waals surface area contributed by atoms with Crippen LogP contribution in [0.4, 0.5) is 0 Å². The first kappa shape index (κ1) is 18.5. The van der Waals surface area contributed by atoms with Crippen LogP contribution >= 0.6 is 0 Å². The van der Waals surface area contributed by atoms with E-state index in [-0.39, 0.29) is 30.2 Å². The number of nitrogens with zero attached hydrogens (tertiary/aromatic N) is 1. The third-order valence-corrected chi connectivity index (χ3v) is 5.89. The summed E-state index contributed by atoms with van der Waals surface area (Å²) in [5.74, 6) is -0.393. The second-order valence-corrected chi connectivity index (χ2v) is 7.60. The number of methoxy groups -OCH3 is 1. The number of H-pyrrole nitrogens is 1. The van der Waals surface area contributed by atoms with Gasteiger partial charge in [0.15, 0.2) is 0 Å². The molecule has 0 unspecified atom stereocenters. The molecule has 0 spiro atoms. The zero-order valence-electron chi connectivity index (χ0n) is 16.0. The number of aromatic nitrogens is 1. The van der Waals surface area contributed by atoms with Crippen LogP contribution in [0.25, 0.3) is 10.9 Å². The fourth-order valence-corrected chi connectivity index (χ4v) is 4.28. The highest BCUT2D eigenvalue weighted by Crippen LogP contribution is 2.29. The van der Waals surface area contributed by atoms with Crippen molar-refractivity contribution in [3.05, 3.63) is 35.0 Å². The highest BCUT2D eigenvalue weighted by Gasteiger charge is 2.26. The van der Waals surface area contributed by atoms with Gasteiger partial charge in [0.05, 0.1) is 19.2 Å². The minimum Gasteiger partial charge on any atom is -0.465 e. The summed E-state index contributed by atoms with van der Waals surface area (Å²) in [6.45, 7) is 1.13. The molecule has 7 nitrogen and oxygen atoms in total. The van der Waals surface area contributed by atoms with E-state index < -0.39 is 0 Å². The predicted molar refractivity (Wildman–Crippen MR) is 104 cm³/mol. The van der Waals surface area contributed by atoms with Crippen molar-refractivity contribution < 1.29 is 19.1 Å². The fourth-order valence-electron chi connectivity index (χ4n) is 4.28. The average molecular weight is 383 g/mol. The highest BCUT2D eigenvalue weighted by molar-refractivity contribution is 5.96. The molecule has 28 heavy (non-hydrogen) atoms. The predicted octanol–water partition coefficient (Wildman–Crippen LogP) is 2.15. The fraction of sp³-hybridized carbons (Fsp3) is 0.476. The Balaban J connectivity index is 1.46. The Morgan fingerprint density at radius 3 is 2.79 bits per heavy atom. The molecule has 2 aromatic rings. The van der Waals surface area contributed by atoms with Crippen molar-refractivity contribution in [2.75, 3.05) is 20.2 Å². The van der Waals surface area contributed by atoms with Crippen molar-refractivity contribution in [1.82, 2.24) is 15.2 Å². The summed E-state index contributed by atoms with van der Waals surface area (Å²) in [4.78, 5) is 41.8. The summed E-state index contributed by atoms with van der Waals surface area (Å²) in [5.41, 5.74) is 3.56. The van der Waals surface area contributed by atoms with E-state index in [1.54, 1.807) is 11.0 Å². The van der Waals surface area contributed by atoms with Gasteiger partial charge in [0.2, 0.25) is 11.8 Å². The molecule has 4 rings (SSSR count). The van der Waals surface area contributed by atoms with Gasteiger partial charge in [-0.1, -0.05) is 12.8 Å². The molecule has 0 atom stereocenters. The second-order valence-electron chi connectivity index (χ2n) is 7.60. The quantitative estimate of drug-likeness (QED) is 0.792. The molecule has 1 aliphatic carbocycles. The van der Waals surface area contributed by atoms with Crippen LogP contribution in [0.1, 0.15) is 47.3 Å². The van der Waals surface area contributed by atoms with Crippen molar-refractivity contribution >= 4 is 28.7 Å². The van der Waals surface area contributed by atoms with Crippen LogP contribution in [0, 0.1) is 5.92 Å². The number of rotatable bonds is 4. The van der Waals surface area contributed by atoms with Gasteiger partial charge >= 0.3 is 5.97 Å². The molecule has 1 saturated carbocycles. The van der Waals surface area contributed by atoms with Crippen LogP contribution in [0.15, 0.2) is 18.2 Å². The summed E-state index contributed by atoms with van der Waals surface area (Å²) in [5, 5.41) is 3.74. The zero-order valence-corrected chi connectivity index (χ0v) is 16.0. The Kier molecular flexibility index (Phi) is 5.07. The Morgan fingerprint density at radius 1 is 1.25 bits per heavy atom. The van der Waals surface area contributed by atoms with Crippen molar-refractivity contribution in [2.45, 2.75) is 38.6 Å². The van der Waals surface area contributed by atoms with Crippen molar-refractivity contribution in [3.63, 3.8) is 0 Å². The smallest absolute Gasteiger partial charge is 0.337 e. The number of amides is 2. The lowest BCUT2D eigenvalue weighted by atomic mass is 10.0. The second kappa shape index (κ2) is 7.66. The Morgan fingerprint density at radius 2 is 2.04 bits per heavy atom. The van der Waals surface area contributed by atoms with Crippen molar-refractivity contribution in [2.24, 2.45) is 5.92 Å². The van der Waals surface area contributed by atoms with E-state index in [4.69, 9.17) is 4.74 Å². The molecule has 0 radical (unpaired) electrons. The number of carbonyl (C=O) groups is 3. The molecule has 2 aliphatic rings. The third kappa shape index (κ3) is 3.48. The molecule has 2 N–H and O–H groups in total. The molecule has 1 aromatic heterocycles. The molecule has 1 aliphatic heterocycles. The van der Waals surface area contributed by atoms with Gasteiger partial charge in [-0.25, -0.2) is 4.79 Å². The lowest BCUT2D eigenvalue weighted by Gasteiger charge is -2.27. The number of aromatic amines is 1. The van der Waals surface area contributed by atoms with E-state index in [2.05, 4.69) is 10.3 Å². The average Bonchev–Trinajstić information content (AvgIpc) is 3.38. The van der Waals surface area contributed by atoms with Crippen LogP contribution in [0.2, 0.25) is 0 Å². The van der Waals surface area contributed by atoms with E-state index in [1.165, 1.54) is 7.11 Å². The van der Waals surface area contributed by atoms with Gasteiger partial charge in [0.1, 0.15) is 0 Å². The first-order chi connectivity index (χ1) is 13.6. The molecule has 0 bridgehead atoms. The number of benzene rings is 1. The first-order valence-electron chi connectivity index (χ1n) is 9.84. The normalized spacial score (nSPS) is 16.8. The van der Waals surface area contributed by atoms with E-state index in [1.807, 2.05) is 12.1 Å². The molecule has 2 heterocycles. The molecule has 0 saturated heterocycles. The summed E-state index contributed by atoms with van der Waals surface area (Å²) < 4.78 is 4.81. The van der Waals surface area contributed by atoms with Crippen LogP contribution in [-0.4, -0.2) is 47.9 Å². The van der Waals surface area contributed by atoms with E-state index in [9.17, 15) is 14.4 Å². The van der Waals surface area contributed by atoms with E-state index in [0.29, 0.717) is 18.7 Å². The number of carbonyl (C=O) groups excluding carboxylic acids is 3. The summed E-state index contributed by atoms with van der Waals surface area (Å²) in [6, 6.07) is 5.41. The summed E-state index contributed by atoms with van der Waals surface area (Å²) >= 11 is 0. The van der Waals surface area contributed by atoms with Gasteiger partial charge in [0.25, 0.3) is 0 Å². The van der Waals surface area contributed by atoms with Crippen LogP contribution in [0.5, 0.6) is 0 Å². The lowest BCUT2D eigenvalue weighted by molar-refractivity contribution is -0.134. The van der Waals surface area contributed by atoms with E-state index in [0.717, 1.165) is 54.3 Å². The minimum atomic E-state index is -0.379. The maximum atomic E-state index is 12.6. The van der Waals surface area contributed by atoms with Gasteiger partial charge < -0.3 is 19.9 Å². The van der Waals surface area contributed by atoms with Gasteiger partial charge in [-0.15, -0.1) is 0 Å². The monoisotopic (exact) mass is 383 g/mol. The molecule has 7 heteroatoms. The molecule has 148 valence electrons. The van der Waals surface area contributed by atoms with Crippen molar-refractivity contribution in [1.29, 1.82) is 0 Å². The van der Waals surface area contributed by atoms with Gasteiger partial charge in [-0.3, -0.25) is 9.59 Å². The number of fused-ring (bicyclic) bond motifs is 3. The number of hydrogen-bond donors (Lipinski definition) is 2. The number of nitrogens with one attached hydrogen (secondary N) is 2. The first-order valence-corrected chi connectivity index (χ1v) is 9.84. The molecule has 1 fully saturated rings.